The van der Waals surface area contributed by atoms with Crippen molar-refractivity contribution in [3.63, 3.8) is 0 Å². The van der Waals surface area contributed by atoms with Crippen LogP contribution in [0, 0.1) is 6.92 Å². The number of carbonyl (C=O) groups is 1. The summed E-state index contributed by atoms with van der Waals surface area (Å²) in [7, 11) is 1.61. The summed E-state index contributed by atoms with van der Waals surface area (Å²) in [6.45, 7) is 3.99. The van der Waals surface area contributed by atoms with Gasteiger partial charge in [-0.3, -0.25) is 4.79 Å². The first kappa shape index (κ1) is 15.4. The zero-order valence-corrected chi connectivity index (χ0v) is 12.1. The van der Waals surface area contributed by atoms with Crippen LogP contribution in [0.4, 0.5) is 5.95 Å². The van der Waals surface area contributed by atoms with Crippen LogP contribution in [-0.4, -0.2) is 22.9 Å². The van der Waals surface area contributed by atoms with E-state index in [1.807, 2.05) is 0 Å². The monoisotopic (exact) mass is 264 g/mol. The third kappa shape index (κ3) is 4.50. The largest absolute Gasteiger partial charge is 0.368 e. The number of nitrogen functional groups attached to an aromatic ring is 1. The first-order valence-corrected chi connectivity index (χ1v) is 6.95. The van der Waals surface area contributed by atoms with E-state index in [9.17, 15) is 4.79 Å². The van der Waals surface area contributed by atoms with Gasteiger partial charge in [-0.25, -0.2) is 9.97 Å². The van der Waals surface area contributed by atoms with Crippen molar-refractivity contribution in [2.45, 2.75) is 52.4 Å². The number of hydrogen-bond donors (Lipinski definition) is 2. The van der Waals surface area contributed by atoms with E-state index in [1.54, 1.807) is 14.0 Å². The molecule has 106 valence electrons. The summed E-state index contributed by atoms with van der Waals surface area (Å²) in [5.41, 5.74) is 7.66. The molecule has 0 unspecified atom stereocenters. The lowest BCUT2D eigenvalue weighted by molar-refractivity contribution is 0.0960. The molecule has 19 heavy (non-hydrogen) atoms. The van der Waals surface area contributed by atoms with Crippen molar-refractivity contribution in [1.29, 1.82) is 0 Å². The van der Waals surface area contributed by atoms with Gasteiger partial charge in [-0.2, -0.15) is 0 Å². The number of nitrogens with two attached hydrogens (primary N) is 1. The molecule has 0 aliphatic heterocycles. The second-order valence-corrected chi connectivity index (χ2v) is 4.73. The van der Waals surface area contributed by atoms with Crippen LogP contribution < -0.4 is 11.1 Å². The van der Waals surface area contributed by atoms with Crippen molar-refractivity contribution in [2.24, 2.45) is 0 Å². The fourth-order valence-electron chi connectivity index (χ4n) is 2.15. The van der Waals surface area contributed by atoms with E-state index in [0.29, 0.717) is 11.3 Å². The maximum Gasteiger partial charge on any atom is 0.254 e. The van der Waals surface area contributed by atoms with Gasteiger partial charge in [-0.15, -0.1) is 0 Å². The highest BCUT2D eigenvalue weighted by atomic mass is 16.1. The normalized spacial score (nSPS) is 10.5. The molecule has 0 aliphatic carbocycles. The van der Waals surface area contributed by atoms with Crippen molar-refractivity contribution in [2.75, 3.05) is 12.8 Å². The van der Waals surface area contributed by atoms with E-state index >= 15 is 0 Å². The van der Waals surface area contributed by atoms with E-state index in [2.05, 4.69) is 22.2 Å². The number of nitrogens with one attached hydrogen (secondary N) is 1. The Morgan fingerprint density at radius 1 is 1.21 bits per heavy atom. The van der Waals surface area contributed by atoms with Gasteiger partial charge < -0.3 is 11.1 Å². The minimum absolute atomic E-state index is 0.138. The van der Waals surface area contributed by atoms with Crippen LogP contribution in [0.25, 0.3) is 0 Å². The quantitative estimate of drug-likeness (QED) is 0.740. The van der Waals surface area contributed by atoms with E-state index in [-0.39, 0.29) is 11.9 Å². The third-order valence-electron chi connectivity index (χ3n) is 3.15. The predicted octanol–water partition coefficient (Wildman–Crippen LogP) is 2.24. The fraction of sp³-hybridized carbons (Fsp3) is 0.643. The Kier molecular flexibility index (Phi) is 6.25. The maximum absolute atomic E-state index is 11.9. The van der Waals surface area contributed by atoms with Crippen LogP contribution in [0.15, 0.2) is 0 Å². The van der Waals surface area contributed by atoms with Gasteiger partial charge >= 0.3 is 0 Å². The van der Waals surface area contributed by atoms with E-state index in [1.165, 1.54) is 19.3 Å². The van der Waals surface area contributed by atoms with Crippen molar-refractivity contribution in [3.05, 3.63) is 17.0 Å². The van der Waals surface area contributed by atoms with Crippen molar-refractivity contribution >= 4 is 11.9 Å². The van der Waals surface area contributed by atoms with Crippen LogP contribution in [0.3, 0.4) is 0 Å². The molecule has 5 nitrogen and oxygen atoms in total. The highest BCUT2D eigenvalue weighted by Crippen LogP contribution is 2.15. The molecule has 1 amide bonds. The van der Waals surface area contributed by atoms with Gasteiger partial charge in [0.2, 0.25) is 5.95 Å². The van der Waals surface area contributed by atoms with Gasteiger partial charge in [0.05, 0.1) is 17.0 Å². The van der Waals surface area contributed by atoms with Gasteiger partial charge in [0.15, 0.2) is 0 Å². The lowest BCUT2D eigenvalue weighted by Gasteiger charge is -2.10. The number of anilines is 1. The molecule has 0 bridgehead atoms. The Bertz CT molecular complexity index is 432. The van der Waals surface area contributed by atoms with Crippen molar-refractivity contribution in [1.82, 2.24) is 15.3 Å². The summed E-state index contributed by atoms with van der Waals surface area (Å²) in [5, 5.41) is 2.63. The summed E-state index contributed by atoms with van der Waals surface area (Å²) in [6.07, 6.45) is 6.67. The molecule has 1 aromatic heterocycles. The van der Waals surface area contributed by atoms with Gasteiger partial charge in [0.25, 0.3) is 5.91 Å². The highest BCUT2D eigenvalue weighted by molar-refractivity contribution is 5.96. The molecule has 0 aromatic carbocycles. The molecule has 0 aliphatic rings. The molecule has 0 saturated carbocycles. The Hall–Kier alpha value is -1.65. The summed E-state index contributed by atoms with van der Waals surface area (Å²) in [5.74, 6) is 0.106. The SMILES string of the molecule is CCCCCCCc1nc(N)nc(C)c1C(=O)NC. The summed E-state index contributed by atoms with van der Waals surface area (Å²) >= 11 is 0. The van der Waals surface area contributed by atoms with E-state index < -0.39 is 0 Å². The second kappa shape index (κ2) is 7.71. The zero-order valence-electron chi connectivity index (χ0n) is 12.1. The maximum atomic E-state index is 11.9. The number of amides is 1. The zero-order chi connectivity index (χ0) is 14.3. The number of rotatable bonds is 7. The molecule has 5 heteroatoms. The molecule has 0 spiro atoms. The summed E-state index contributed by atoms with van der Waals surface area (Å²) < 4.78 is 0. The van der Waals surface area contributed by atoms with Crippen LogP contribution in [0.1, 0.15) is 60.8 Å². The third-order valence-corrected chi connectivity index (χ3v) is 3.15. The lowest BCUT2D eigenvalue weighted by atomic mass is 10.0. The number of hydrogen-bond acceptors (Lipinski definition) is 4. The Morgan fingerprint density at radius 3 is 2.53 bits per heavy atom. The fourth-order valence-corrected chi connectivity index (χ4v) is 2.15. The molecule has 0 fully saturated rings. The molecular weight excluding hydrogens is 240 g/mol. The minimum Gasteiger partial charge on any atom is -0.368 e. The molecule has 0 saturated heterocycles. The minimum atomic E-state index is -0.138. The van der Waals surface area contributed by atoms with Crippen LogP contribution >= 0.6 is 0 Å². The second-order valence-electron chi connectivity index (χ2n) is 4.73. The van der Waals surface area contributed by atoms with Crippen molar-refractivity contribution in [3.8, 4) is 0 Å². The van der Waals surface area contributed by atoms with E-state index in [0.717, 1.165) is 25.0 Å². The van der Waals surface area contributed by atoms with Crippen LogP contribution in [-0.2, 0) is 6.42 Å². The molecule has 1 aromatic rings. The molecule has 1 rings (SSSR count). The molecular formula is C14H24N4O. The van der Waals surface area contributed by atoms with Gasteiger partial charge in [0.1, 0.15) is 0 Å². The average Bonchev–Trinajstić information content (AvgIpc) is 2.37. The Morgan fingerprint density at radius 2 is 1.89 bits per heavy atom. The Labute approximate surface area is 115 Å². The van der Waals surface area contributed by atoms with Crippen LogP contribution in [0.2, 0.25) is 0 Å². The molecule has 1 heterocycles. The predicted molar refractivity (Wildman–Crippen MR) is 77.0 cm³/mol. The Balaban J connectivity index is 2.77. The van der Waals surface area contributed by atoms with Crippen LogP contribution in [0.5, 0.6) is 0 Å². The smallest absolute Gasteiger partial charge is 0.254 e. The molecule has 0 atom stereocenters. The highest BCUT2D eigenvalue weighted by Gasteiger charge is 2.16. The first-order chi connectivity index (χ1) is 9.10. The van der Waals surface area contributed by atoms with Gasteiger partial charge in [-0.05, 0) is 19.8 Å². The molecule has 3 N–H and O–H groups in total. The average molecular weight is 264 g/mol. The van der Waals surface area contributed by atoms with Gasteiger partial charge in [-0.1, -0.05) is 32.6 Å². The van der Waals surface area contributed by atoms with E-state index in [4.69, 9.17) is 5.73 Å². The lowest BCUT2D eigenvalue weighted by Crippen LogP contribution is -2.23. The number of aromatic nitrogens is 2. The van der Waals surface area contributed by atoms with Crippen molar-refractivity contribution < 1.29 is 4.79 Å². The molecule has 0 radical (unpaired) electrons. The standard InChI is InChI=1S/C14H24N4O/c1-4-5-6-7-8-9-11-12(13(19)16-3)10(2)17-14(15)18-11/h4-9H2,1-3H3,(H,16,19)(H2,15,17,18). The number of aryl methyl sites for hydroxylation is 2. The summed E-state index contributed by atoms with van der Waals surface area (Å²) in [4.78, 5) is 20.2. The topological polar surface area (TPSA) is 80.9 Å². The number of nitrogens with zero attached hydrogens (tertiary/aromatic N) is 2. The summed E-state index contributed by atoms with van der Waals surface area (Å²) in [6, 6.07) is 0. The number of unbranched alkanes of at least 4 members (excludes halogenated alkanes) is 4. The number of carbonyl (C=O) groups excluding carboxylic acids is 1. The first-order valence-electron chi connectivity index (χ1n) is 6.95. The van der Waals surface area contributed by atoms with Gasteiger partial charge in [0, 0.05) is 7.05 Å².